The van der Waals surface area contributed by atoms with Gasteiger partial charge >= 0.3 is 0 Å². The lowest BCUT2D eigenvalue weighted by Crippen LogP contribution is -2.31. The lowest BCUT2D eigenvalue weighted by molar-refractivity contribution is 0.0954. The van der Waals surface area contributed by atoms with Crippen LogP contribution in [0.5, 0.6) is 0 Å². The first-order valence-corrected chi connectivity index (χ1v) is 7.25. The number of carbonyl (C=O) groups excluding carboxylic acids is 1. The molecule has 0 spiro atoms. The number of thiophene rings is 1. The normalized spacial score (nSPS) is 12.1. The van der Waals surface area contributed by atoms with Crippen LogP contribution in [-0.2, 0) is 6.42 Å². The van der Waals surface area contributed by atoms with Crippen LogP contribution in [0.4, 0.5) is 0 Å². The van der Waals surface area contributed by atoms with Crippen LogP contribution in [0, 0.1) is 0 Å². The highest BCUT2D eigenvalue weighted by Gasteiger charge is 2.13. The molecule has 1 amide bonds. The molecule has 19 heavy (non-hydrogen) atoms. The first kappa shape index (κ1) is 13.8. The highest BCUT2D eigenvalue weighted by atomic mass is 32.1. The van der Waals surface area contributed by atoms with Gasteiger partial charge in [0.2, 0.25) is 0 Å². The third-order valence-corrected chi connectivity index (χ3v) is 4.00. The summed E-state index contributed by atoms with van der Waals surface area (Å²) in [4.78, 5) is 12.9. The minimum Gasteiger partial charge on any atom is -0.349 e. The second-order valence-electron chi connectivity index (χ2n) is 4.36. The Morgan fingerprint density at radius 3 is 2.74 bits per heavy atom. The number of carbonyl (C=O) groups is 1. The van der Waals surface area contributed by atoms with Crippen molar-refractivity contribution in [3.63, 3.8) is 0 Å². The van der Waals surface area contributed by atoms with Crippen molar-refractivity contribution in [3.05, 3.63) is 57.8 Å². The van der Waals surface area contributed by atoms with Crippen molar-refractivity contribution in [2.45, 2.75) is 19.4 Å². The van der Waals surface area contributed by atoms with E-state index in [0.717, 1.165) is 22.4 Å². The van der Waals surface area contributed by atoms with Gasteiger partial charge in [-0.15, -0.1) is 11.3 Å². The predicted molar refractivity (Wildman–Crippen MR) is 79.4 cm³/mol. The highest BCUT2D eigenvalue weighted by molar-refractivity contribution is 7.12. The Labute approximate surface area is 117 Å². The van der Waals surface area contributed by atoms with Crippen LogP contribution in [0.3, 0.4) is 0 Å². The summed E-state index contributed by atoms with van der Waals surface area (Å²) in [5.74, 6) is -0.0294. The summed E-state index contributed by atoms with van der Waals surface area (Å²) in [6.07, 6.45) is 0.872. The number of nitrogens with two attached hydrogens (primary N) is 1. The van der Waals surface area contributed by atoms with E-state index in [2.05, 4.69) is 12.2 Å². The summed E-state index contributed by atoms with van der Waals surface area (Å²) >= 11 is 1.48. The van der Waals surface area contributed by atoms with Gasteiger partial charge in [0.1, 0.15) is 0 Å². The molecule has 1 atom stereocenters. The predicted octanol–water partition coefficient (Wildman–Crippen LogP) is 2.74. The minimum absolute atomic E-state index is 0.0294. The number of amides is 1. The van der Waals surface area contributed by atoms with Gasteiger partial charge in [-0.1, -0.05) is 37.3 Å². The molecule has 1 heterocycles. The first-order valence-electron chi connectivity index (χ1n) is 6.37. The zero-order valence-corrected chi connectivity index (χ0v) is 11.7. The first-order chi connectivity index (χ1) is 9.22. The van der Waals surface area contributed by atoms with E-state index in [-0.39, 0.29) is 11.9 Å². The minimum atomic E-state index is -0.171. The van der Waals surface area contributed by atoms with Gasteiger partial charge in [0, 0.05) is 12.6 Å². The van der Waals surface area contributed by atoms with Crippen LogP contribution in [0.15, 0.2) is 41.8 Å². The van der Waals surface area contributed by atoms with Crippen molar-refractivity contribution in [1.29, 1.82) is 0 Å². The molecule has 2 aromatic rings. The molecular formula is C15H18N2OS. The van der Waals surface area contributed by atoms with Gasteiger partial charge in [0.25, 0.3) is 5.91 Å². The van der Waals surface area contributed by atoms with E-state index in [9.17, 15) is 4.79 Å². The Balaban J connectivity index is 1.94. The summed E-state index contributed by atoms with van der Waals surface area (Å²) in [6, 6.07) is 11.6. The molecule has 1 aromatic heterocycles. The van der Waals surface area contributed by atoms with Crippen LogP contribution in [0.1, 0.15) is 33.8 Å². The standard InChI is InChI=1S/C15H18N2OS/c1-2-11-8-9-19-14(11)15(18)17-10-13(16)12-6-4-3-5-7-12/h3-9,13H,2,10,16H2,1H3,(H,17,18). The lowest BCUT2D eigenvalue weighted by Gasteiger charge is -2.13. The number of rotatable bonds is 5. The Kier molecular flexibility index (Phi) is 4.71. The van der Waals surface area contributed by atoms with Gasteiger partial charge in [0.15, 0.2) is 0 Å². The Morgan fingerprint density at radius 1 is 1.32 bits per heavy atom. The molecule has 0 bridgehead atoms. The second kappa shape index (κ2) is 6.50. The smallest absolute Gasteiger partial charge is 0.261 e. The molecule has 0 saturated heterocycles. The maximum Gasteiger partial charge on any atom is 0.261 e. The molecule has 1 unspecified atom stereocenters. The highest BCUT2D eigenvalue weighted by Crippen LogP contribution is 2.17. The Hall–Kier alpha value is -1.65. The van der Waals surface area contributed by atoms with Crippen molar-refractivity contribution in [1.82, 2.24) is 5.32 Å². The molecule has 1 aromatic carbocycles. The quantitative estimate of drug-likeness (QED) is 0.881. The average Bonchev–Trinajstić information content (AvgIpc) is 2.93. The van der Waals surface area contributed by atoms with E-state index in [4.69, 9.17) is 5.73 Å². The summed E-state index contributed by atoms with van der Waals surface area (Å²) in [6.45, 7) is 2.50. The molecular weight excluding hydrogens is 256 g/mol. The van der Waals surface area contributed by atoms with Crippen LogP contribution in [0.2, 0.25) is 0 Å². The molecule has 3 nitrogen and oxygen atoms in total. The van der Waals surface area contributed by atoms with E-state index in [1.807, 2.05) is 41.8 Å². The van der Waals surface area contributed by atoms with E-state index >= 15 is 0 Å². The zero-order chi connectivity index (χ0) is 13.7. The maximum absolute atomic E-state index is 12.1. The Bertz CT molecular complexity index is 536. The number of benzene rings is 1. The van der Waals surface area contributed by atoms with Crippen LogP contribution in [0.25, 0.3) is 0 Å². The summed E-state index contributed by atoms with van der Waals surface area (Å²) in [7, 11) is 0. The van der Waals surface area contributed by atoms with Crippen molar-refractivity contribution in [3.8, 4) is 0 Å². The monoisotopic (exact) mass is 274 g/mol. The van der Waals surface area contributed by atoms with Gasteiger partial charge in [-0.2, -0.15) is 0 Å². The molecule has 4 heteroatoms. The summed E-state index contributed by atoms with van der Waals surface area (Å²) in [5.41, 5.74) is 8.18. The van der Waals surface area contributed by atoms with Gasteiger partial charge in [0.05, 0.1) is 4.88 Å². The number of hydrogen-bond acceptors (Lipinski definition) is 3. The number of aryl methyl sites for hydroxylation is 1. The number of nitrogens with one attached hydrogen (secondary N) is 1. The molecule has 3 N–H and O–H groups in total. The topological polar surface area (TPSA) is 55.1 Å². The SMILES string of the molecule is CCc1ccsc1C(=O)NCC(N)c1ccccc1. The number of hydrogen-bond donors (Lipinski definition) is 2. The van der Waals surface area contributed by atoms with Gasteiger partial charge < -0.3 is 11.1 Å². The van der Waals surface area contributed by atoms with E-state index in [0.29, 0.717) is 6.54 Å². The fourth-order valence-corrected chi connectivity index (χ4v) is 2.83. The van der Waals surface area contributed by atoms with Gasteiger partial charge in [-0.3, -0.25) is 4.79 Å². The zero-order valence-electron chi connectivity index (χ0n) is 10.9. The van der Waals surface area contributed by atoms with Crippen LogP contribution >= 0.6 is 11.3 Å². The van der Waals surface area contributed by atoms with Crippen molar-refractivity contribution in [2.75, 3.05) is 6.54 Å². The fourth-order valence-electron chi connectivity index (χ4n) is 1.91. The van der Waals surface area contributed by atoms with Crippen molar-refractivity contribution < 1.29 is 4.79 Å². The lowest BCUT2D eigenvalue weighted by atomic mass is 10.1. The molecule has 0 aliphatic heterocycles. The molecule has 0 saturated carbocycles. The van der Waals surface area contributed by atoms with E-state index in [1.54, 1.807) is 0 Å². The summed E-state index contributed by atoms with van der Waals surface area (Å²) in [5, 5.41) is 4.85. The van der Waals surface area contributed by atoms with Crippen LogP contribution in [-0.4, -0.2) is 12.5 Å². The summed E-state index contributed by atoms with van der Waals surface area (Å²) < 4.78 is 0. The average molecular weight is 274 g/mol. The van der Waals surface area contributed by atoms with E-state index in [1.165, 1.54) is 11.3 Å². The molecule has 2 rings (SSSR count). The fraction of sp³-hybridized carbons (Fsp3) is 0.267. The van der Waals surface area contributed by atoms with Gasteiger partial charge in [-0.25, -0.2) is 0 Å². The third kappa shape index (κ3) is 3.43. The second-order valence-corrected chi connectivity index (χ2v) is 5.27. The Morgan fingerprint density at radius 2 is 2.05 bits per heavy atom. The largest absolute Gasteiger partial charge is 0.349 e. The van der Waals surface area contributed by atoms with Crippen molar-refractivity contribution in [2.24, 2.45) is 5.73 Å². The van der Waals surface area contributed by atoms with Gasteiger partial charge in [-0.05, 0) is 29.0 Å². The molecule has 0 aliphatic rings. The maximum atomic E-state index is 12.1. The molecule has 100 valence electrons. The van der Waals surface area contributed by atoms with E-state index < -0.39 is 0 Å². The molecule has 0 radical (unpaired) electrons. The molecule has 0 fully saturated rings. The molecule has 0 aliphatic carbocycles. The van der Waals surface area contributed by atoms with Crippen LogP contribution < -0.4 is 11.1 Å². The van der Waals surface area contributed by atoms with Crippen molar-refractivity contribution >= 4 is 17.2 Å². The third-order valence-electron chi connectivity index (χ3n) is 3.04.